The number of halogens is 1. The van der Waals surface area contributed by atoms with Gasteiger partial charge in [-0.15, -0.1) is 0 Å². The molecular formula is C13H16FNO3. The molecule has 98 valence electrons. The number of nitrogens with one attached hydrogen (secondary N) is 1. The summed E-state index contributed by atoms with van der Waals surface area (Å²) in [6, 6.07) is 3.84. The molecule has 5 heteroatoms. The molecule has 0 bridgehead atoms. The van der Waals surface area contributed by atoms with Gasteiger partial charge < -0.3 is 15.2 Å². The summed E-state index contributed by atoms with van der Waals surface area (Å²) in [5.41, 5.74) is -0.0177. The van der Waals surface area contributed by atoms with Crippen LogP contribution in [-0.4, -0.2) is 29.8 Å². The molecule has 1 heterocycles. The van der Waals surface area contributed by atoms with Crippen molar-refractivity contribution >= 4 is 11.7 Å². The third-order valence-electron chi connectivity index (χ3n) is 3.17. The first kappa shape index (κ1) is 12.8. The molecule has 1 saturated heterocycles. The number of benzene rings is 1. The molecule has 1 atom stereocenters. The van der Waals surface area contributed by atoms with Gasteiger partial charge in [-0.05, 0) is 38.0 Å². The fourth-order valence-corrected chi connectivity index (χ4v) is 2.05. The second-order valence-corrected chi connectivity index (χ2v) is 4.76. The molecule has 4 nitrogen and oxygen atoms in total. The number of hydrogen-bond donors (Lipinski definition) is 2. The molecule has 0 spiro atoms. The summed E-state index contributed by atoms with van der Waals surface area (Å²) < 4.78 is 19.2. The second kappa shape index (κ2) is 4.94. The van der Waals surface area contributed by atoms with Gasteiger partial charge in [0, 0.05) is 13.2 Å². The summed E-state index contributed by atoms with van der Waals surface area (Å²) in [7, 11) is 0. The van der Waals surface area contributed by atoms with E-state index in [1.165, 1.54) is 12.1 Å². The highest BCUT2D eigenvalue weighted by Gasteiger charge is 2.29. The first-order valence-electron chi connectivity index (χ1n) is 5.91. The molecule has 18 heavy (non-hydrogen) atoms. The minimum Gasteiger partial charge on any atom is -0.478 e. The molecule has 0 aromatic heterocycles. The van der Waals surface area contributed by atoms with E-state index in [-0.39, 0.29) is 11.2 Å². The molecule has 0 radical (unpaired) electrons. The van der Waals surface area contributed by atoms with E-state index in [0.29, 0.717) is 12.2 Å². The van der Waals surface area contributed by atoms with Gasteiger partial charge in [0.1, 0.15) is 5.82 Å². The first-order chi connectivity index (χ1) is 8.50. The Labute approximate surface area is 105 Å². The molecule has 1 unspecified atom stereocenters. The van der Waals surface area contributed by atoms with Crippen LogP contribution in [0.25, 0.3) is 0 Å². The molecular weight excluding hydrogens is 237 g/mol. The number of hydrogen-bond acceptors (Lipinski definition) is 3. The Morgan fingerprint density at radius 2 is 2.39 bits per heavy atom. The zero-order chi connectivity index (χ0) is 13.2. The van der Waals surface area contributed by atoms with E-state index in [2.05, 4.69) is 5.32 Å². The maximum Gasteiger partial charge on any atom is 0.335 e. The first-order valence-corrected chi connectivity index (χ1v) is 5.91. The van der Waals surface area contributed by atoms with Crippen molar-refractivity contribution in [1.82, 2.24) is 0 Å². The lowest BCUT2D eigenvalue weighted by molar-refractivity contribution is 0.0315. The fourth-order valence-electron chi connectivity index (χ4n) is 2.05. The van der Waals surface area contributed by atoms with E-state index >= 15 is 0 Å². The van der Waals surface area contributed by atoms with Crippen molar-refractivity contribution in [2.75, 3.05) is 18.5 Å². The predicted molar refractivity (Wildman–Crippen MR) is 65.4 cm³/mol. The largest absolute Gasteiger partial charge is 0.478 e. The normalized spacial score (nSPS) is 23.0. The van der Waals surface area contributed by atoms with Crippen LogP contribution < -0.4 is 5.32 Å². The van der Waals surface area contributed by atoms with E-state index in [1.807, 2.05) is 6.92 Å². The molecule has 0 aliphatic carbocycles. The Kier molecular flexibility index (Phi) is 3.52. The summed E-state index contributed by atoms with van der Waals surface area (Å²) in [6.07, 6.45) is 1.95. The lowest BCUT2D eigenvalue weighted by Crippen LogP contribution is -2.32. The number of ether oxygens (including phenoxy) is 1. The van der Waals surface area contributed by atoms with Gasteiger partial charge in [-0.3, -0.25) is 0 Å². The fraction of sp³-hybridized carbons (Fsp3) is 0.462. The Morgan fingerprint density at radius 1 is 1.61 bits per heavy atom. The molecule has 2 N–H and O–H groups in total. The van der Waals surface area contributed by atoms with Crippen LogP contribution in [0.15, 0.2) is 18.2 Å². The van der Waals surface area contributed by atoms with Crippen LogP contribution >= 0.6 is 0 Å². The van der Waals surface area contributed by atoms with Gasteiger partial charge in [-0.2, -0.15) is 0 Å². The SMILES string of the molecule is CC1(CNc2ccc(C(=O)O)cc2F)CCCO1. The zero-order valence-corrected chi connectivity index (χ0v) is 10.2. The van der Waals surface area contributed by atoms with Crippen LogP contribution in [-0.2, 0) is 4.74 Å². The third-order valence-corrected chi connectivity index (χ3v) is 3.17. The molecule has 0 amide bonds. The maximum atomic E-state index is 13.6. The summed E-state index contributed by atoms with van der Waals surface area (Å²) >= 11 is 0. The van der Waals surface area contributed by atoms with Crippen LogP contribution in [0.2, 0.25) is 0 Å². The van der Waals surface area contributed by atoms with Crippen molar-refractivity contribution in [2.45, 2.75) is 25.4 Å². The number of aromatic carboxylic acids is 1. The van der Waals surface area contributed by atoms with E-state index in [9.17, 15) is 9.18 Å². The third kappa shape index (κ3) is 2.79. The predicted octanol–water partition coefficient (Wildman–Crippen LogP) is 2.50. The van der Waals surface area contributed by atoms with E-state index in [4.69, 9.17) is 9.84 Å². The van der Waals surface area contributed by atoms with Crippen molar-refractivity contribution in [3.63, 3.8) is 0 Å². The summed E-state index contributed by atoms with van der Waals surface area (Å²) in [5.74, 6) is -1.69. The number of carboxylic acids is 1. The molecule has 2 rings (SSSR count). The van der Waals surface area contributed by atoms with Crippen LogP contribution in [0.3, 0.4) is 0 Å². The quantitative estimate of drug-likeness (QED) is 0.865. The Bertz CT molecular complexity index is 456. The molecule has 1 fully saturated rings. The topological polar surface area (TPSA) is 58.6 Å². The minimum absolute atomic E-state index is 0.0543. The molecule has 1 aromatic rings. The molecule has 0 saturated carbocycles. The summed E-state index contributed by atoms with van der Waals surface area (Å²) in [5, 5.41) is 11.7. The van der Waals surface area contributed by atoms with E-state index < -0.39 is 11.8 Å². The van der Waals surface area contributed by atoms with Gasteiger partial charge in [0.05, 0.1) is 16.9 Å². The van der Waals surface area contributed by atoms with Gasteiger partial charge in [-0.25, -0.2) is 9.18 Å². The lowest BCUT2D eigenvalue weighted by Gasteiger charge is -2.24. The minimum atomic E-state index is -1.13. The van der Waals surface area contributed by atoms with E-state index in [1.54, 1.807) is 0 Å². The van der Waals surface area contributed by atoms with Gasteiger partial charge >= 0.3 is 5.97 Å². The zero-order valence-electron chi connectivity index (χ0n) is 10.2. The number of rotatable bonds is 4. The monoisotopic (exact) mass is 253 g/mol. The van der Waals surface area contributed by atoms with Crippen molar-refractivity contribution in [2.24, 2.45) is 0 Å². The lowest BCUT2D eigenvalue weighted by atomic mass is 10.0. The van der Waals surface area contributed by atoms with Crippen LogP contribution in [0.4, 0.5) is 10.1 Å². The van der Waals surface area contributed by atoms with Crippen molar-refractivity contribution in [3.8, 4) is 0 Å². The standard InChI is InChI=1S/C13H16FNO3/c1-13(5-2-6-18-13)8-15-11-4-3-9(12(16)17)7-10(11)14/h3-4,7,15H,2,5-6,8H2,1H3,(H,16,17). The number of anilines is 1. The average molecular weight is 253 g/mol. The summed E-state index contributed by atoms with van der Waals surface area (Å²) in [6.45, 7) is 3.23. The summed E-state index contributed by atoms with van der Waals surface area (Å²) in [4.78, 5) is 10.7. The highest BCUT2D eigenvalue weighted by molar-refractivity contribution is 5.88. The molecule has 1 aliphatic heterocycles. The van der Waals surface area contributed by atoms with Gasteiger partial charge in [0.15, 0.2) is 0 Å². The van der Waals surface area contributed by atoms with Gasteiger partial charge in [0.2, 0.25) is 0 Å². The van der Waals surface area contributed by atoms with E-state index in [0.717, 1.165) is 25.5 Å². The van der Waals surface area contributed by atoms with Crippen molar-refractivity contribution in [3.05, 3.63) is 29.6 Å². The van der Waals surface area contributed by atoms with Crippen molar-refractivity contribution < 1.29 is 19.0 Å². The van der Waals surface area contributed by atoms with Gasteiger partial charge in [-0.1, -0.05) is 0 Å². The highest BCUT2D eigenvalue weighted by Crippen LogP contribution is 2.26. The highest BCUT2D eigenvalue weighted by atomic mass is 19.1. The van der Waals surface area contributed by atoms with Crippen LogP contribution in [0.1, 0.15) is 30.1 Å². The smallest absolute Gasteiger partial charge is 0.335 e. The van der Waals surface area contributed by atoms with Crippen LogP contribution in [0, 0.1) is 5.82 Å². The number of carboxylic acid groups (broad SMARTS) is 1. The van der Waals surface area contributed by atoms with Gasteiger partial charge in [0.25, 0.3) is 0 Å². The second-order valence-electron chi connectivity index (χ2n) is 4.76. The van der Waals surface area contributed by atoms with Crippen molar-refractivity contribution in [1.29, 1.82) is 0 Å². The number of carbonyl (C=O) groups is 1. The van der Waals surface area contributed by atoms with Crippen LogP contribution in [0.5, 0.6) is 0 Å². The molecule has 1 aromatic carbocycles. The maximum absolute atomic E-state index is 13.6. The Morgan fingerprint density at radius 3 is 2.94 bits per heavy atom. The Hall–Kier alpha value is -1.62. The molecule has 1 aliphatic rings. The Balaban J connectivity index is 2.03. The average Bonchev–Trinajstić information content (AvgIpc) is 2.75.